The molecule has 8 aromatic carbocycles. The van der Waals surface area contributed by atoms with Crippen molar-refractivity contribution in [3.05, 3.63) is 348 Å². The number of hydrogen-bond acceptors (Lipinski definition) is 32. The Morgan fingerprint density at radius 2 is 0.787 bits per heavy atom. The molecule has 34 nitrogen and oxygen atoms in total. The Labute approximate surface area is 919 Å². The van der Waals surface area contributed by atoms with Gasteiger partial charge in [-0.1, -0.05) is 96.0 Å². The molecule has 1 saturated heterocycles. The van der Waals surface area contributed by atoms with Gasteiger partial charge in [0, 0.05) is 123 Å². The van der Waals surface area contributed by atoms with Crippen LogP contribution in [0.1, 0.15) is 116 Å². The lowest BCUT2D eigenvalue weighted by Crippen LogP contribution is -2.41. The summed E-state index contributed by atoms with van der Waals surface area (Å²) in [5.41, 5.74) is 43.3. The van der Waals surface area contributed by atoms with Crippen LogP contribution in [0.2, 0.25) is 0 Å². The number of pyridine rings is 3. The second-order valence-electron chi connectivity index (χ2n) is 31.1. The van der Waals surface area contributed by atoms with E-state index in [4.69, 9.17) is 75.1 Å². The number of nitrogens with two attached hydrogens (primary N) is 5. The molecule has 0 aliphatic carbocycles. The number of hydrogen-bond donors (Lipinski definition) is 13. The average molecular weight is 2340 g/mol. The molecule has 2 amide bonds. The summed E-state index contributed by atoms with van der Waals surface area (Å²) in [6.45, 7) is 16.6. The van der Waals surface area contributed by atoms with Gasteiger partial charge in [-0.05, 0) is 278 Å². The predicted octanol–water partition coefficient (Wildman–Crippen LogP) is 24.3. The number of halogens is 5. The fraction of sp³-hybridized carbons (Fsp3) is 0.162. The van der Waals surface area contributed by atoms with E-state index in [1.165, 1.54) is 45.3 Å². The van der Waals surface area contributed by atoms with Crippen molar-refractivity contribution in [2.45, 2.75) is 74.0 Å². The molecule has 0 unspecified atom stereocenters. The first kappa shape index (κ1) is 119. The molecule has 1 aliphatic heterocycles. The van der Waals surface area contributed by atoms with E-state index in [0.717, 1.165) is 96.4 Å². The summed E-state index contributed by atoms with van der Waals surface area (Å²) in [4.78, 5) is 101. The molecule has 1 aliphatic rings. The van der Waals surface area contributed by atoms with Crippen LogP contribution in [0.5, 0.6) is 0 Å². The highest BCUT2D eigenvalue weighted by molar-refractivity contribution is 9.93. The van der Waals surface area contributed by atoms with Gasteiger partial charge >= 0.3 is 25.0 Å². The minimum absolute atomic E-state index is 0. The largest absolute Gasteiger partial charge is 0.514 e. The Morgan fingerprint density at radius 1 is 0.467 bits per heavy atom. The van der Waals surface area contributed by atoms with Crippen molar-refractivity contribution in [1.82, 2.24) is 48.1 Å². The van der Waals surface area contributed by atoms with Crippen molar-refractivity contribution in [3.8, 4) is 21.1 Å². The molecule has 10 aromatic heterocycles. The number of thiazole rings is 4. The molecule has 782 valence electrons. The Hall–Kier alpha value is -14.9. The number of anilines is 15. The van der Waals surface area contributed by atoms with Gasteiger partial charge in [0.1, 0.15) is 23.2 Å². The van der Waals surface area contributed by atoms with Crippen LogP contribution < -0.4 is 71.5 Å². The van der Waals surface area contributed by atoms with E-state index < -0.39 is 7.15 Å². The van der Waals surface area contributed by atoms with Crippen LogP contribution in [0.15, 0.2) is 320 Å². The monoisotopic (exact) mass is 2340 g/mol. The topological polar surface area (TPSA) is 487 Å². The van der Waals surface area contributed by atoms with Crippen molar-refractivity contribution in [1.29, 1.82) is 0 Å². The van der Waals surface area contributed by atoms with Crippen LogP contribution in [-0.2, 0) is 28.3 Å². The number of aromatic nitrogens is 10. The first-order valence-electron chi connectivity index (χ1n) is 45.9. The predicted molar refractivity (Wildman–Crippen MR) is 623 cm³/mol. The van der Waals surface area contributed by atoms with E-state index in [0.29, 0.717) is 88.0 Å². The molecule has 19 rings (SSSR count). The number of nitrogens with zero attached hydrogens (tertiary/aromatic N) is 10. The van der Waals surface area contributed by atoms with Gasteiger partial charge in [-0.2, -0.15) is 0 Å². The number of alkyl halides is 2. The maximum atomic E-state index is 12.5. The number of nitrogen functional groups attached to an aromatic ring is 4. The lowest BCUT2D eigenvalue weighted by Gasteiger charge is -2.32. The molecule has 0 saturated carbocycles. The van der Waals surface area contributed by atoms with Crippen molar-refractivity contribution in [3.63, 3.8) is 0 Å². The van der Waals surface area contributed by atoms with Gasteiger partial charge in [-0.3, -0.25) is 22.8 Å². The number of carbonyl (C=O) groups is 6. The van der Waals surface area contributed by atoms with Crippen LogP contribution in [0.4, 0.5) is 87.5 Å². The fourth-order valence-corrected chi connectivity index (χ4v) is 16.2. The second kappa shape index (κ2) is 62.4. The van der Waals surface area contributed by atoms with Gasteiger partial charge < -0.3 is 104 Å². The molecule has 11 heterocycles. The van der Waals surface area contributed by atoms with Gasteiger partial charge in [0.15, 0.2) is 25.6 Å². The van der Waals surface area contributed by atoms with E-state index >= 15 is 0 Å². The summed E-state index contributed by atoms with van der Waals surface area (Å²) in [6.07, 6.45) is 19.2. The van der Waals surface area contributed by atoms with E-state index in [-0.39, 0.29) is 73.1 Å². The van der Waals surface area contributed by atoms with E-state index in [1.807, 2.05) is 208 Å². The summed E-state index contributed by atoms with van der Waals surface area (Å²) in [5.74, 6) is -1.25. The number of imidazole rings is 3. The summed E-state index contributed by atoms with van der Waals surface area (Å²) >= 11 is 24.4. The van der Waals surface area contributed by atoms with Crippen LogP contribution >= 0.6 is 113 Å². The first-order valence-corrected chi connectivity index (χ1v) is 53.9. The molecule has 0 spiro atoms. The molecule has 1 fully saturated rings. The molecule has 150 heavy (non-hydrogen) atoms. The first-order chi connectivity index (χ1) is 72.4. The number of aliphatic hydroxyl groups excluding tert-OH is 1. The normalized spacial score (nSPS) is 11.3. The highest BCUT2D eigenvalue weighted by Gasteiger charge is 2.53. The Morgan fingerprint density at radius 3 is 1.12 bits per heavy atom. The highest BCUT2D eigenvalue weighted by Crippen LogP contribution is 2.38. The fourth-order valence-electron chi connectivity index (χ4n) is 12.7. The number of rotatable bonds is 23. The van der Waals surface area contributed by atoms with Crippen molar-refractivity contribution in [2.24, 2.45) is 5.73 Å². The third-order valence-corrected chi connectivity index (χ3v) is 24.6. The van der Waals surface area contributed by atoms with Gasteiger partial charge in [-0.15, -0.1) is 22.9 Å². The molecule has 45 heteroatoms. The van der Waals surface area contributed by atoms with Crippen LogP contribution in [-0.4, -0.2) is 152 Å². The van der Waals surface area contributed by atoms with Crippen LogP contribution in [0.25, 0.3) is 38.1 Å². The van der Waals surface area contributed by atoms with Gasteiger partial charge in [0.25, 0.3) is 11.8 Å². The average Bonchev–Trinajstić information content (AvgIpc) is 1.60. The maximum absolute atomic E-state index is 12.5. The minimum Gasteiger partial charge on any atom is -0.462 e. The standard InChI is InChI=1S/2C23H18N6OS.C13H17BN2O2.C12H11BrN2O2S.C12H12N2O2S.C10H12N2O2S.C6H8N2.C2H3ClO.C2H6O.CH3F.CH4.Br2/c2*24-17-5-1-2-6-18(17)28-22(30)15-8-10-16(11-9-15)27-23-26-14-20(31-23)19-13-25-21-7-3-4-12-29(19)21;1-12(2)13(3,4)18-14(17-12)10-9-15-11-7-5-6-8-16(10)11;1-2-17-11(16)8-3-5-9(6-4-8)15-12-14-7-10(13)18-12;1-2-16-11(15)9-3-5-10(6-4-9)14-12-13-7-8-17-12;1-2-14-9(13)7-3-5-8(6-4-7)12-10(11)15;7-5-3-1-2-4-6(5)8;3-1-2-4;1-2-3;1-2;;1-2/h2*1-14H,24H2,(H,26,27)(H,28,30);5-9H,1-4H3;3-7H,2H2,1H3,(H,14,15);3-8H,2H2,1H3,(H,13,14);3-6H,2H2,1H3,(H3,11,12,15);1-4H,7-8H2;2H,1H2;3H,2H2,1H3;1H3;1H4;/i;;;;;;;;;1D;;. The number of aliphatic hydroxyl groups is 1. The molecule has 0 bridgehead atoms. The maximum Gasteiger partial charge on any atom is 0.514 e. The SMILES string of the molecule is BrBr.C.CC1(C)OB(c2cnc3ccccn23)OC1(C)C.CCO.CCOC(=O)c1ccc(NC(N)=S)cc1.CCOC(=O)c1ccc(Nc2ncc(Br)s2)cc1.CCOC(=O)c1ccc(Nc2nccs2)cc1.Nc1ccccc1N.Nc1ccccc1NC(=O)c1ccc(Nc2ncc(-c3cnc4ccccn34)s2)cc1.Nc1ccccc1NC(=O)c1ccc(Nc2ncc(-c3cnc4ccccn34)s2)cc1.O=CCCl.[2H]CF. The lowest BCUT2D eigenvalue weighted by atomic mass is 9.85. The van der Waals surface area contributed by atoms with Crippen LogP contribution in [0, 0.1) is 0 Å². The molecule has 18 aromatic rings. The minimum atomic E-state index is -1.00. The van der Waals surface area contributed by atoms with Crippen LogP contribution in [0.3, 0.4) is 0 Å². The quantitative estimate of drug-likeness (QED) is 0.00538. The smallest absolute Gasteiger partial charge is 0.462 e. The van der Waals surface area contributed by atoms with E-state index in [9.17, 15) is 28.4 Å². The molecular formula is C105H112BBr3ClFN22O12S5. The zero-order valence-corrected chi connectivity index (χ0v) is 91.2. The third-order valence-electron chi connectivity index (χ3n) is 20.4. The number of esters is 3. The number of para-hydroxylation sites is 6. The third kappa shape index (κ3) is 36.8. The summed E-state index contributed by atoms with van der Waals surface area (Å²) < 4.78 is 49.3. The number of nitrogens with one attached hydrogen (secondary N) is 7. The van der Waals surface area contributed by atoms with Crippen molar-refractivity contribution >= 4 is 267 Å². The summed E-state index contributed by atoms with van der Waals surface area (Å²) in [5, 5.41) is 34.1. The molecule has 0 radical (unpaired) electrons. The second-order valence-corrected chi connectivity index (χ2v) is 37.2. The highest BCUT2D eigenvalue weighted by atomic mass is 80.9. The zero-order chi connectivity index (χ0) is 108. The Balaban J connectivity index is 0.000000216. The van der Waals surface area contributed by atoms with Crippen molar-refractivity contribution in [2.75, 3.05) is 99.6 Å². The number of fused-ring (bicyclic) bond motifs is 3. The molecule has 18 N–H and O–H groups in total. The number of amides is 2. The molecular weight excluding hydrogens is 2230 g/mol. The molecule has 0 atom stereocenters. The summed E-state index contributed by atoms with van der Waals surface area (Å²) in [6, 6.07) is 74.7. The van der Waals surface area contributed by atoms with Gasteiger partial charge in [-0.25, -0.2) is 49.3 Å². The lowest BCUT2D eigenvalue weighted by molar-refractivity contribution is -0.105. The van der Waals surface area contributed by atoms with Gasteiger partial charge in [0.2, 0.25) is 0 Å². The Bertz CT molecular complexity index is 7040. The summed E-state index contributed by atoms with van der Waals surface area (Å²) in [7, 11) is -1.37. The number of benzene rings is 8. The zero-order valence-electron chi connectivity index (χ0n) is 82.6. The number of aldehydes is 1. The Kier molecular flexibility index (Phi) is 49.3. The van der Waals surface area contributed by atoms with E-state index in [1.54, 1.807) is 149 Å². The van der Waals surface area contributed by atoms with Crippen molar-refractivity contribution < 1.29 is 63.2 Å². The number of ether oxygens (including phenoxy) is 3. The van der Waals surface area contributed by atoms with E-state index in [2.05, 4.69) is 156 Å². The number of carbonyl (C=O) groups excluding carboxylic acids is 6. The van der Waals surface area contributed by atoms with Gasteiger partial charge in [0.05, 0.1) is 145 Å². The number of thiocarbonyl (C=S) groups is 1.